The molecule has 1 aromatic carbocycles. The van der Waals surface area contributed by atoms with E-state index in [0.717, 1.165) is 25.3 Å². The van der Waals surface area contributed by atoms with Gasteiger partial charge in [-0.15, -0.1) is 0 Å². The predicted molar refractivity (Wildman–Crippen MR) is 99.3 cm³/mol. The Hall–Kier alpha value is -2.41. The van der Waals surface area contributed by atoms with E-state index in [1.807, 2.05) is 4.90 Å². The standard InChI is InChI=1S/C20H25FN4O2/c1-23-16-13-25(11-10-24-8-3-2-4-9-24)19(26)17(16)18(22-20(23)27)14-6-5-7-15(21)12-14/h5-7,12,18H,2-4,8-11,13H2,1H3,(H,22,27)/t18-/m0/s1. The minimum Gasteiger partial charge on any atom is -0.332 e. The van der Waals surface area contributed by atoms with Crippen molar-refractivity contribution in [1.82, 2.24) is 20.0 Å². The van der Waals surface area contributed by atoms with Crippen LogP contribution in [-0.2, 0) is 4.79 Å². The van der Waals surface area contributed by atoms with Crippen LogP contribution < -0.4 is 5.32 Å². The SMILES string of the molecule is CN1C(=O)N[C@@H](c2cccc(F)c2)C2=C1CN(CCN1CCCCC1)C2=O. The summed E-state index contributed by atoms with van der Waals surface area (Å²) in [4.78, 5) is 31.2. The summed E-state index contributed by atoms with van der Waals surface area (Å²) >= 11 is 0. The van der Waals surface area contributed by atoms with E-state index < -0.39 is 6.04 Å². The monoisotopic (exact) mass is 372 g/mol. The lowest BCUT2D eigenvalue weighted by atomic mass is 9.96. The van der Waals surface area contributed by atoms with Crippen molar-refractivity contribution in [2.45, 2.75) is 25.3 Å². The van der Waals surface area contributed by atoms with Gasteiger partial charge in [0.1, 0.15) is 5.82 Å². The van der Waals surface area contributed by atoms with Gasteiger partial charge in [-0.2, -0.15) is 0 Å². The molecule has 0 unspecified atom stereocenters. The first kappa shape index (κ1) is 18.0. The number of rotatable bonds is 4. The number of piperidine rings is 1. The van der Waals surface area contributed by atoms with Gasteiger partial charge in [0.05, 0.1) is 23.9 Å². The zero-order chi connectivity index (χ0) is 19.0. The second-order valence-electron chi connectivity index (χ2n) is 7.49. The molecule has 3 amide bonds. The minimum atomic E-state index is -0.605. The number of likely N-dealkylation sites (tertiary alicyclic amines) is 1. The Kier molecular flexibility index (Phi) is 4.86. The van der Waals surface area contributed by atoms with E-state index in [0.29, 0.717) is 24.2 Å². The number of halogens is 1. The van der Waals surface area contributed by atoms with Gasteiger partial charge in [-0.25, -0.2) is 9.18 Å². The zero-order valence-electron chi connectivity index (χ0n) is 15.6. The summed E-state index contributed by atoms with van der Waals surface area (Å²) in [5.41, 5.74) is 1.87. The van der Waals surface area contributed by atoms with Crippen LogP contribution in [0.1, 0.15) is 30.9 Å². The molecule has 1 saturated heterocycles. The molecule has 27 heavy (non-hydrogen) atoms. The second kappa shape index (κ2) is 7.31. The molecule has 3 aliphatic rings. The Morgan fingerprint density at radius 3 is 2.67 bits per heavy atom. The molecule has 4 rings (SSSR count). The van der Waals surface area contributed by atoms with Crippen LogP contribution in [0.25, 0.3) is 0 Å². The molecular weight excluding hydrogens is 347 g/mol. The number of hydrogen-bond donors (Lipinski definition) is 1. The first-order chi connectivity index (χ1) is 13.0. The molecule has 0 aliphatic carbocycles. The van der Waals surface area contributed by atoms with Crippen LogP contribution in [-0.4, -0.2) is 66.4 Å². The summed E-state index contributed by atoms with van der Waals surface area (Å²) in [5, 5.41) is 2.84. The summed E-state index contributed by atoms with van der Waals surface area (Å²) in [6.07, 6.45) is 3.71. The van der Waals surface area contributed by atoms with Gasteiger partial charge in [0, 0.05) is 20.1 Å². The third-order valence-corrected chi connectivity index (χ3v) is 5.75. The summed E-state index contributed by atoms with van der Waals surface area (Å²) < 4.78 is 13.7. The molecule has 1 fully saturated rings. The van der Waals surface area contributed by atoms with Crippen molar-refractivity contribution >= 4 is 11.9 Å². The van der Waals surface area contributed by atoms with Crippen LogP contribution in [0.3, 0.4) is 0 Å². The molecule has 3 heterocycles. The Morgan fingerprint density at radius 1 is 1.15 bits per heavy atom. The molecular formula is C20H25FN4O2. The van der Waals surface area contributed by atoms with Crippen molar-refractivity contribution in [1.29, 1.82) is 0 Å². The van der Waals surface area contributed by atoms with E-state index in [1.54, 1.807) is 19.2 Å². The molecule has 1 aromatic rings. The normalized spacial score (nSPS) is 23.7. The van der Waals surface area contributed by atoms with Crippen LogP contribution in [0.15, 0.2) is 35.5 Å². The van der Waals surface area contributed by atoms with Gasteiger partial charge < -0.3 is 15.1 Å². The highest BCUT2D eigenvalue weighted by atomic mass is 19.1. The largest absolute Gasteiger partial charge is 0.332 e. The molecule has 7 heteroatoms. The number of nitrogens with zero attached hydrogens (tertiary/aromatic N) is 3. The van der Waals surface area contributed by atoms with Gasteiger partial charge in [0.25, 0.3) is 5.91 Å². The highest BCUT2D eigenvalue weighted by Crippen LogP contribution is 2.35. The highest BCUT2D eigenvalue weighted by molar-refractivity contribution is 6.01. The maximum atomic E-state index is 13.7. The molecule has 0 bridgehead atoms. The van der Waals surface area contributed by atoms with Crippen molar-refractivity contribution < 1.29 is 14.0 Å². The van der Waals surface area contributed by atoms with Gasteiger partial charge in [0.15, 0.2) is 0 Å². The van der Waals surface area contributed by atoms with Gasteiger partial charge >= 0.3 is 6.03 Å². The predicted octanol–water partition coefficient (Wildman–Crippen LogP) is 2.10. The van der Waals surface area contributed by atoms with Crippen molar-refractivity contribution in [2.24, 2.45) is 0 Å². The Balaban J connectivity index is 1.54. The number of carbonyl (C=O) groups is 2. The van der Waals surface area contributed by atoms with Crippen LogP contribution in [0.5, 0.6) is 0 Å². The van der Waals surface area contributed by atoms with E-state index in [1.165, 1.54) is 36.3 Å². The molecule has 0 radical (unpaired) electrons. The summed E-state index contributed by atoms with van der Waals surface area (Å²) in [7, 11) is 1.67. The molecule has 0 aromatic heterocycles. The highest BCUT2D eigenvalue weighted by Gasteiger charge is 2.42. The summed E-state index contributed by atoms with van der Waals surface area (Å²) in [6, 6.07) is 5.21. The van der Waals surface area contributed by atoms with Crippen LogP contribution in [0, 0.1) is 5.82 Å². The van der Waals surface area contributed by atoms with E-state index in [2.05, 4.69) is 10.2 Å². The van der Waals surface area contributed by atoms with Crippen LogP contribution in [0.2, 0.25) is 0 Å². The molecule has 0 saturated carbocycles. The fourth-order valence-electron chi connectivity index (χ4n) is 4.19. The number of carbonyl (C=O) groups excluding carboxylic acids is 2. The average Bonchev–Trinajstić information content (AvgIpc) is 3.01. The van der Waals surface area contributed by atoms with Crippen LogP contribution >= 0.6 is 0 Å². The summed E-state index contributed by atoms with van der Waals surface area (Å²) in [6.45, 7) is 4.09. The lowest BCUT2D eigenvalue weighted by molar-refractivity contribution is -0.126. The third kappa shape index (κ3) is 3.43. The number of benzene rings is 1. The first-order valence-electron chi connectivity index (χ1n) is 9.59. The van der Waals surface area contributed by atoms with Crippen molar-refractivity contribution in [2.75, 3.05) is 39.8 Å². The Bertz CT molecular complexity index is 788. The van der Waals surface area contributed by atoms with E-state index in [9.17, 15) is 14.0 Å². The fraction of sp³-hybridized carbons (Fsp3) is 0.500. The maximum absolute atomic E-state index is 13.7. The number of likely N-dealkylation sites (N-methyl/N-ethyl adjacent to an activating group) is 1. The maximum Gasteiger partial charge on any atom is 0.322 e. The van der Waals surface area contributed by atoms with Gasteiger partial charge in [-0.05, 0) is 43.6 Å². The topological polar surface area (TPSA) is 55.9 Å². The lowest BCUT2D eigenvalue weighted by Crippen LogP contribution is -2.45. The fourth-order valence-corrected chi connectivity index (χ4v) is 4.19. The average molecular weight is 372 g/mol. The first-order valence-corrected chi connectivity index (χ1v) is 9.59. The van der Waals surface area contributed by atoms with Crippen molar-refractivity contribution in [3.63, 3.8) is 0 Å². The van der Waals surface area contributed by atoms with E-state index >= 15 is 0 Å². The van der Waals surface area contributed by atoms with E-state index in [-0.39, 0.29) is 17.8 Å². The Morgan fingerprint density at radius 2 is 1.93 bits per heavy atom. The summed E-state index contributed by atoms with van der Waals surface area (Å²) in [5.74, 6) is -0.446. The molecule has 144 valence electrons. The molecule has 6 nitrogen and oxygen atoms in total. The second-order valence-corrected chi connectivity index (χ2v) is 7.49. The van der Waals surface area contributed by atoms with E-state index in [4.69, 9.17) is 0 Å². The van der Waals surface area contributed by atoms with Gasteiger partial charge in [-0.1, -0.05) is 18.6 Å². The zero-order valence-corrected chi connectivity index (χ0v) is 15.6. The lowest BCUT2D eigenvalue weighted by Gasteiger charge is -2.31. The minimum absolute atomic E-state index is 0.0666. The molecule has 0 spiro atoms. The number of amides is 3. The van der Waals surface area contributed by atoms with Gasteiger partial charge in [-0.3, -0.25) is 9.69 Å². The number of nitrogens with one attached hydrogen (secondary N) is 1. The molecule has 1 N–H and O–H groups in total. The number of urea groups is 1. The quantitative estimate of drug-likeness (QED) is 0.881. The van der Waals surface area contributed by atoms with Crippen molar-refractivity contribution in [3.05, 3.63) is 46.9 Å². The number of hydrogen-bond acceptors (Lipinski definition) is 3. The smallest absolute Gasteiger partial charge is 0.322 e. The van der Waals surface area contributed by atoms with Crippen molar-refractivity contribution in [3.8, 4) is 0 Å². The third-order valence-electron chi connectivity index (χ3n) is 5.75. The van der Waals surface area contributed by atoms with Gasteiger partial charge in [0.2, 0.25) is 0 Å². The van der Waals surface area contributed by atoms with Crippen LogP contribution in [0.4, 0.5) is 9.18 Å². The molecule has 1 atom stereocenters. The molecule has 3 aliphatic heterocycles. The Labute approximate surface area is 158 Å².